The van der Waals surface area contributed by atoms with E-state index >= 15 is 0 Å². The van der Waals surface area contributed by atoms with Gasteiger partial charge in [0.25, 0.3) is 11.8 Å². The summed E-state index contributed by atoms with van der Waals surface area (Å²) in [6.07, 6.45) is 7.41. The van der Waals surface area contributed by atoms with Gasteiger partial charge in [-0.25, -0.2) is 8.78 Å². The maximum Gasteiger partial charge on any atom is 0.253 e. The van der Waals surface area contributed by atoms with Crippen molar-refractivity contribution in [1.82, 2.24) is 20.4 Å². The molecular weight excluding hydrogens is 554 g/mol. The Hall–Kier alpha value is -3.37. The Morgan fingerprint density at radius 3 is 2.42 bits per heavy atom. The maximum absolute atomic E-state index is 14.1. The van der Waals surface area contributed by atoms with Gasteiger partial charge in [0.2, 0.25) is 5.91 Å². The SMILES string of the molecule is C=C/C(=C\C(=C/C)C(=O)N(CCC)CCC)C(=O)N[C@@H](Cc1cc(F)cc(F)c1)[C@H](O)[C@H]1C[C@@H](N2CCCC2=O)CCN1. The molecule has 3 rings (SSSR count). The van der Waals surface area contributed by atoms with Crippen molar-refractivity contribution in [2.45, 2.75) is 89.9 Å². The smallest absolute Gasteiger partial charge is 0.253 e. The number of nitrogens with zero attached hydrogens (tertiary/aromatic N) is 2. The van der Waals surface area contributed by atoms with Gasteiger partial charge >= 0.3 is 0 Å². The molecule has 2 heterocycles. The molecule has 236 valence electrons. The molecule has 0 saturated carbocycles. The van der Waals surface area contributed by atoms with E-state index in [1.165, 1.54) is 24.3 Å². The van der Waals surface area contributed by atoms with E-state index < -0.39 is 35.7 Å². The van der Waals surface area contributed by atoms with Crippen LogP contribution in [-0.2, 0) is 20.8 Å². The van der Waals surface area contributed by atoms with E-state index in [-0.39, 0.29) is 35.4 Å². The van der Waals surface area contributed by atoms with E-state index in [2.05, 4.69) is 17.2 Å². The molecule has 2 aliphatic rings. The second-order valence-electron chi connectivity index (χ2n) is 11.3. The molecule has 43 heavy (non-hydrogen) atoms. The van der Waals surface area contributed by atoms with Gasteiger partial charge in [-0.05, 0) is 75.8 Å². The normalized spacial score (nSPS) is 21.0. The van der Waals surface area contributed by atoms with Crippen molar-refractivity contribution < 1.29 is 28.3 Å². The number of carbonyl (C=O) groups excluding carboxylic acids is 3. The van der Waals surface area contributed by atoms with Gasteiger partial charge in [-0.3, -0.25) is 14.4 Å². The summed E-state index contributed by atoms with van der Waals surface area (Å²) in [7, 11) is 0. The molecule has 0 unspecified atom stereocenters. The van der Waals surface area contributed by atoms with Crippen LogP contribution in [0, 0.1) is 11.6 Å². The first kappa shape index (κ1) is 34.1. The van der Waals surface area contributed by atoms with Crippen LogP contribution < -0.4 is 10.6 Å². The molecule has 4 atom stereocenters. The number of aliphatic hydroxyl groups is 1. The monoisotopic (exact) mass is 600 g/mol. The minimum atomic E-state index is -1.14. The molecule has 2 fully saturated rings. The summed E-state index contributed by atoms with van der Waals surface area (Å²) in [6.45, 7) is 11.9. The predicted molar refractivity (Wildman–Crippen MR) is 163 cm³/mol. The number of nitrogens with one attached hydrogen (secondary N) is 2. The van der Waals surface area contributed by atoms with Crippen molar-refractivity contribution in [1.29, 1.82) is 0 Å². The van der Waals surface area contributed by atoms with Crippen LogP contribution in [0.2, 0.25) is 0 Å². The van der Waals surface area contributed by atoms with Crippen LogP contribution in [0.25, 0.3) is 0 Å². The van der Waals surface area contributed by atoms with Gasteiger partial charge < -0.3 is 25.5 Å². The van der Waals surface area contributed by atoms with E-state index in [0.717, 1.165) is 31.7 Å². The summed E-state index contributed by atoms with van der Waals surface area (Å²) in [4.78, 5) is 42.8. The number of aliphatic hydroxyl groups excluding tert-OH is 1. The number of rotatable bonds is 14. The number of carbonyl (C=O) groups is 3. The van der Waals surface area contributed by atoms with Crippen LogP contribution in [-0.4, -0.2) is 83.0 Å². The Kier molecular flexibility index (Phi) is 13.1. The quantitative estimate of drug-likeness (QED) is 0.223. The van der Waals surface area contributed by atoms with E-state index in [4.69, 9.17) is 0 Å². The van der Waals surface area contributed by atoms with Crippen LogP contribution >= 0.6 is 0 Å². The summed E-state index contributed by atoms with van der Waals surface area (Å²) in [5.41, 5.74) is 0.727. The molecule has 3 N–H and O–H groups in total. The molecule has 0 aromatic heterocycles. The van der Waals surface area contributed by atoms with Crippen molar-refractivity contribution in [2.75, 3.05) is 26.2 Å². The van der Waals surface area contributed by atoms with Crippen molar-refractivity contribution >= 4 is 17.7 Å². The molecule has 1 aromatic carbocycles. The van der Waals surface area contributed by atoms with Crippen LogP contribution in [0.1, 0.15) is 64.9 Å². The highest BCUT2D eigenvalue weighted by molar-refractivity contribution is 6.02. The van der Waals surface area contributed by atoms with Gasteiger partial charge in [0, 0.05) is 55.4 Å². The zero-order chi connectivity index (χ0) is 31.5. The second kappa shape index (κ2) is 16.5. The Morgan fingerprint density at radius 1 is 1.19 bits per heavy atom. The van der Waals surface area contributed by atoms with Gasteiger partial charge in [0.1, 0.15) is 11.6 Å². The molecule has 2 saturated heterocycles. The lowest BCUT2D eigenvalue weighted by molar-refractivity contribution is -0.130. The summed E-state index contributed by atoms with van der Waals surface area (Å²) in [5, 5.41) is 17.7. The summed E-state index contributed by atoms with van der Waals surface area (Å²) in [5.74, 6) is -2.19. The Bertz CT molecular complexity index is 1190. The number of piperidine rings is 1. The molecule has 10 heteroatoms. The third kappa shape index (κ3) is 9.31. The van der Waals surface area contributed by atoms with Gasteiger partial charge in [0.15, 0.2) is 0 Å². The highest BCUT2D eigenvalue weighted by atomic mass is 19.1. The third-order valence-corrected chi connectivity index (χ3v) is 8.11. The standard InChI is InChI=1S/C33H46F2N4O4/c1-5-13-38(14-6-2)33(43)24(8-4)19-23(7-3)32(42)37-29(18-22-16-25(34)20-26(35)17-22)31(41)28-21-27(11-12-36-28)39-15-9-10-30(39)40/h7-8,16-17,19-20,27-29,31,36,41H,3,5-6,9-15,18,21H2,1-2,4H3,(H,37,42)/b23-19+,24-8+/t27-,28+,29-,31+/m0/s1. The summed E-state index contributed by atoms with van der Waals surface area (Å²) < 4.78 is 28.1. The van der Waals surface area contributed by atoms with Gasteiger partial charge in [-0.2, -0.15) is 0 Å². The Labute approximate surface area is 253 Å². The Morgan fingerprint density at radius 2 is 1.86 bits per heavy atom. The van der Waals surface area contributed by atoms with Crippen LogP contribution in [0.5, 0.6) is 0 Å². The molecule has 0 radical (unpaired) electrons. The number of benzene rings is 1. The fraction of sp³-hybridized carbons (Fsp3) is 0.545. The molecule has 1 aromatic rings. The fourth-order valence-corrected chi connectivity index (χ4v) is 5.99. The summed E-state index contributed by atoms with van der Waals surface area (Å²) >= 11 is 0. The number of likely N-dealkylation sites (tertiary alicyclic amines) is 1. The largest absolute Gasteiger partial charge is 0.389 e. The summed E-state index contributed by atoms with van der Waals surface area (Å²) in [6, 6.07) is 1.65. The van der Waals surface area contributed by atoms with Gasteiger partial charge in [0.05, 0.1) is 12.1 Å². The number of halogens is 2. The van der Waals surface area contributed by atoms with Crippen LogP contribution in [0.15, 0.2) is 54.2 Å². The van der Waals surface area contributed by atoms with E-state index in [0.29, 0.717) is 44.6 Å². The van der Waals surface area contributed by atoms with Gasteiger partial charge in [-0.15, -0.1) is 0 Å². The van der Waals surface area contributed by atoms with Crippen molar-refractivity contribution in [3.63, 3.8) is 0 Å². The minimum absolute atomic E-state index is 0.0417. The number of amides is 3. The maximum atomic E-state index is 14.1. The molecular formula is C33H46F2N4O4. The van der Waals surface area contributed by atoms with Crippen molar-refractivity contribution in [3.05, 3.63) is 71.4 Å². The average molecular weight is 601 g/mol. The fourth-order valence-electron chi connectivity index (χ4n) is 5.99. The lowest BCUT2D eigenvalue weighted by Gasteiger charge is -2.40. The lowest BCUT2D eigenvalue weighted by atomic mass is 9.88. The topological polar surface area (TPSA) is 102 Å². The highest BCUT2D eigenvalue weighted by Gasteiger charge is 2.37. The third-order valence-electron chi connectivity index (χ3n) is 8.11. The first-order valence-corrected chi connectivity index (χ1v) is 15.4. The molecule has 8 nitrogen and oxygen atoms in total. The second-order valence-corrected chi connectivity index (χ2v) is 11.3. The van der Waals surface area contributed by atoms with Crippen LogP contribution in [0.3, 0.4) is 0 Å². The first-order chi connectivity index (χ1) is 20.6. The van der Waals surface area contributed by atoms with E-state index in [1.807, 2.05) is 18.7 Å². The molecule has 0 bridgehead atoms. The molecule has 3 amide bonds. The number of allylic oxidation sites excluding steroid dienone is 1. The average Bonchev–Trinajstić information content (AvgIpc) is 3.42. The number of hydrogen-bond donors (Lipinski definition) is 3. The highest BCUT2D eigenvalue weighted by Crippen LogP contribution is 2.25. The zero-order valence-corrected chi connectivity index (χ0v) is 25.6. The van der Waals surface area contributed by atoms with Crippen molar-refractivity contribution in [2.24, 2.45) is 0 Å². The molecule has 0 spiro atoms. The Balaban J connectivity index is 1.86. The van der Waals surface area contributed by atoms with E-state index in [1.54, 1.807) is 17.9 Å². The molecule has 0 aliphatic carbocycles. The van der Waals surface area contributed by atoms with E-state index in [9.17, 15) is 28.3 Å². The zero-order valence-electron chi connectivity index (χ0n) is 25.6. The number of hydrogen-bond acceptors (Lipinski definition) is 5. The van der Waals surface area contributed by atoms with Gasteiger partial charge in [-0.1, -0.05) is 32.6 Å². The molecule has 2 aliphatic heterocycles. The minimum Gasteiger partial charge on any atom is -0.389 e. The lowest BCUT2D eigenvalue weighted by Crippen LogP contribution is -2.58. The van der Waals surface area contributed by atoms with Crippen LogP contribution in [0.4, 0.5) is 8.78 Å². The van der Waals surface area contributed by atoms with Crippen molar-refractivity contribution in [3.8, 4) is 0 Å². The first-order valence-electron chi connectivity index (χ1n) is 15.4. The predicted octanol–water partition coefficient (Wildman–Crippen LogP) is 3.80.